The van der Waals surface area contributed by atoms with Gasteiger partial charge >= 0.3 is 0 Å². The van der Waals surface area contributed by atoms with Crippen molar-refractivity contribution >= 4 is 33.1 Å². The van der Waals surface area contributed by atoms with E-state index < -0.39 is 0 Å². The van der Waals surface area contributed by atoms with E-state index >= 15 is 0 Å². The smallest absolute Gasteiger partial charge is 0.183 e. The predicted octanol–water partition coefficient (Wildman–Crippen LogP) is 7.05. The number of methoxy groups -OCH3 is 1. The van der Waals surface area contributed by atoms with Gasteiger partial charge in [-0.05, 0) is 85.8 Å². The number of carbonyl (C=O) groups is 1. The van der Waals surface area contributed by atoms with Crippen LogP contribution in [0.1, 0.15) is 86.1 Å². The van der Waals surface area contributed by atoms with Gasteiger partial charge in [0.05, 0.1) is 10.8 Å². The molecule has 0 spiro atoms. The van der Waals surface area contributed by atoms with E-state index in [1.807, 2.05) is 27.7 Å². The molecule has 3 aliphatic rings. The van der Waals surface area contributed by atoms with Crippen molar-refractivity contribution in [2.75, 3.05) is 38.2 Å². The fraction of sp³-hybridized carbons (Fsp3) is 0.714. The molecular formula is C28H49N3O2S. The first kappa shape index (κ1) is 28.7. The van der Waals surface area contributed by atoms with Crippen molar-refractivity contribution in [3.8, 4) is 0 Å². The maximum absolute atomic E-state index is 13.2. The number of nitrogens with zero attached hydrogens (tertiary/aromatic N) is 2. The van der Waals surface area contributed by atoms with E-state index in [0.717, 1.165) is 48.6 Å². The first-order valence-corrected chi connectivity index (χ1v) is 13.8. The second kappa shape index (κ2) is 13.0. The van der Waals surface area contributed by atoms with Gasteiger partial charge in [-0.3, -0.25) is 4.79 Å². The number of fused-ring (bicyclic) bond motifs is 2. The van der Waals surface area contributed by atoms with Gasteiger partial charge in [-0.2, -0.15) is 4.37 Å². The summed E-state index contributed by atoms with van der Waals surface area (Å²) < 4.78 is 11.2. The molecule has 1 N–H and O–H groups in total. The summed E-state index contributed by atoms with van der Waals surface area (Å²) in [5, 5.41) is 4.59. The SMILES string of the molecule is C.CC.CC.COC1CCN(c2ccc3c(C(=O)C[C@@H]4CNCCC5CC[C@@]54C)nsc3c2)C1.[HH]. The Kier molecular flexibility index (Phi) is 11.0. The molecule has 1 saturated carbocycles. The van der Waals surface area contributed by atoms with Crippen molar-refractivity contribution in [1.29, 1.82) is 0 Å². The second-order valence-corrected chi connectivity index (χ2v) is 10.2. The average molecular weight is 492 g/mol. The van der Waals surface area contributed by atoms with Crippen LogP contribution in [-0.2, 0) is 4.74 Å². The summed E-state index contributed by atoms with van der Waals surface area (Å²) in [6, 6.07) is 6.43. The lowest BCUT2D eigenvalue weighted by Gasteiger charge is -2.51. The molecule has 194 valence electrons. The number of Topliss-reactive ketones (excluding diaryl/α,β-unsaturated/α-hetero) is 1. The maximum Gasteiger partial charge on any atom is 0.183 e. The third kappa shape index (κ3) is 5.66. The molecule has 4 atom stereocenters. The van der Waals surface area contributed by atoms with Crippen LogP contribution >= 0.6 is 11.5 Å². The summed E-state index contributed by atoms with van der Waals surface area (Å²) in [6.45, 7) is 14.4. The van der Waals surface area contributed by atoms with E-state index in [9.17, 15) is 4.79 Å². The van der Waals surface area contributed by atoms with Gasteiger partial charge in [0.1, 0.15) is 5.69 Å². The van der Waals surface area contributed by atoms with Crippen LogP contribution in [0.2, 0.25) is 0 Å². The Bertz CT molecular complexity index is 921. The highest BCUT2D eigenvalue weighted by molar-refractivity contribution is 7.13. The molecular weight excluding hydrogens is 442 g/mol. The highest BCUT2D eigenvalue weighted by atomic mass is 32.1. The van der Waals surface area contributed by atoms with Crippen molar-refractivity contribution < 1.29 is 11.0 Å². The van der Waals surface area contributed by atoms with Crippen LogP contribution in [0.5, 0.6) is 0 Å². The number of rotatable bonds is 5. The van der Waals surface area contributed by atoms with E-state index in [2.05, 4.69) is 39.7 Å². The molecule has 5 nitrogen and oxygen atoms in total. The molecule has 0 amide bonds. The Morgan fingerprint density at radius 3 is 2.68 bits per heavy atom. The van der Waals surface area contributed by atoms with E-state index in [-0.39, 0.29) is 14.6 Å². The van der Waals surface area contributed by atoms with Crippen molar-refractivity contribution in [3.63, 3.8) is 0 Å². The first-order valence-electron chi connectivity index (χ1n) is 13.0. The monoisotopic (exact) mass is 491 g/mol. The highest BCUT2D eigenvalue weighted by Crippen LogP contribution is 2.55. The van der Waals surface area contributed by atoms with Crippen LogP contribution in [0.25, 0.3) is 10.1 Å². The van der Waals surface area contributed by atoms with Gasteiger partial charge in [0, 0.05) is 39.1 Å². The third-order valence-corrected chi connectivity index (χ3v) is 8.76. The number of ether oxygens (including phenoxy) is 1. The third-order valence-electron chi connectivity index (χ3n) is 7.95. The zero-order chi connectivity index (χ0) is 24.0. The summed E-state index contributed by atoms with van der Waals surface area (Å²) in [5.74, 6) is 1.41. The number of benzene rings is 1. The maximum atomic E-state index is 13.2. The van der Waals surface area contributed by atoms with Gasteiger partial charge in [-0.1, -0.05) is 42.0 Å². The Balaban J connectivity index is 0.000000973. The number of hydrogen-bond acceptors (Lipinski definition) is 6. The van der Waals surface area contributed by atoms with E-state index in [0.29, 0.717) is 29.6 Å². The van der Waals surface area contributed by atoms with Gasteiger partial charge in [0.25, 0.3) is 0 Å². The van der Waals surface area contributed by atoms with Crippen molar-refractivity contribution in [2.45, 2.75) is 80.3 Å². The van der Waals surface area contributed by atoms with Gasteiger partial charge in [0.15, 0.2) is 5.78 Å². The average Bonchev–Trinajstić information content (AvgIpc) is 3.49. The topological polar surface area (TPSA) is 54.5 Å². The van der Waals surface area contributed by atoms with Gasteiger partial charge in [-0.25, -0.2) is 0 Å². The molecule has 2 saturated heterocycles. The minimum Gasteiger partial charge on any atom is -0.380 e. The van der Waals surface area contributed by atoms with E-state index in [1.54, 1.807) is 7.11 Å². The molecule has 2 unspecified atom stereocenters. The summed E-state index contributed by atoms with van der Waals surface area (Å²) >= 11 is 1.46. The lowest BCUT2D eigenvalue weighted by Crippen LogP contribution is -2.45. The molecule has 34 heavy (non-hydrogen) atoms. The number of hydrogen-bond donors (Lipinski definition) is 1. The zero-order valence-electron chi connectivity index (χ0n) is 21.4. The van der Waals surface area contributed by atoms with Gasteiger partial charge < -0.3 is 15.0 Å². The second-order valence-electron chi connectivity index (χ2n) is 9.36. The van der Waals surface area contributed by atoms with Crippen LogP contribution in [0.3, 0.4) is 0 Å². The molecule has 0 bridgehead atoms. The van der Waals surface area contributed by atoms with Crippen LogP contribution in [0.4, 0.5) is 5.69 Å². The Morgan fingerprint density at radius 2 is 2.03 bits per heavy atom. The Hall–Kier alpha value is -1.50. The summed E-state index contributed by atoms with van der Waals surface area (Å²) in [5.41, 5.74) is 2.21. The predicted molar refractivity (Wildman–Crippen MR) is 150 cm³/mol. The Morgan fingerprint density at radius 1 is 1.26 bits per heavy atom. The fourth-order valence-corrected chi connectivity index (χ4v) is 6.53. The molecule has 6 heteroatoms. The zero-order valence-corrected chi connectivity index (χ0v) is 22.3. The highest BCUT2D eigenvalue weighted by Gasteiger charge is 2.49. The normalized spacial score (nSPS) is 27.7. The molecule has 1 aliphatic carbocycles. The van der Waals surface area contributed by atoms with Crippen LogP contribution in [0.15, 0.2) is 18.2 Å². The number of nitrogens with one attached hydrogen (secondary N) is 1. The lowest BCUT2D eigenvalue weighted by atomic mass is 9.54. The van der Waals surface area contributed by atoms with Crippen molar-refractivity contribution in [2.24, 2.45) is 17.3 Å². The molecule has 5 rings (SSSR count). The van der Waals surface area contributed by atoms with Crippen LogP contribution < -0.4 is 10.2 Å². The number of anilines is 1. The standard InChI is InChI=1S/C23H31N3O2S.2C2H6.CH4.H2/c1-23-8-5-15(23)6-9-24-13-16(23)11-20(27)22-19-4-3-17(12-21(19)29-25-22)26-10-7-18(14-26)28-2;2*1-2;;/h3-4,12,15-16,18,24H,5-11,13-14H2,1-2H3;2*1-2H3;1H4;1H/t15?,16-,18?,23+;;;;/m1..../s1. The fourth-order valence-electron chi connectivity index (χ4n) is 5.71. The van der Waals surface area contributed by atoms with Crippen LogP contribution in [-0.4, -0.2) is 49.5 Å². The van der Waals surface area contributed by atoms with Gasteiger partial charge in [0.2, 0.25) is 0 Å². The largest absolute Gasteiger partial charge is 0.380 e. The summed E-state index contributed by atoms with van der Waals surface area (Å²) in [4.78, 5) is 15.6. The van der Waals surface area contributed by atoms with Gasteiger partial charge in [-0.15, -0.1) is 0 Å². The molecule has 0 radical (unpaired) electrons. The molecule has 3 fully saturated rings. The quantitative estimate of drug-likeness (QED) is 0.454. The first-order chi connectivity index (χ1) is 16.1. The molecule has 1 aromatic heterocycles. The van der Waals surface area contributed by atoms with E-state index in [1.165, 1.54) is 36.5 Å². The number of ketones is 1. The molecule has 2 aliphatic heterocycles. The minimum atomic E-state index is 0. The summed E-state index contributed by atoms with van der Waals surface area (Å²) in [6.07, 6.45) is 5.83. The molecule has 2 aromatic rings. The molecule has 3 heterocycles. The van der Waals surface area contributed by atoms with Crippen molar-refractivity contribution in [1.82, 2.24) is 9.69 Å². The Labute approximate surface area is 213 Å². The van der Waals surface area contributed by atoms with Crippen molar-refractivity contribution in [3.05, 3.63) is 23.9 Å². The summed E-state index contributed by atoms with van der Waals surface area (Å²) in [7, 11) is 1.79. The number of aromatic nitrogens is 1. The molecule has 1 aromatic carbocycles. The van der Waals surface area contributed by atoms with E-state index in [4.69, 9.17) is 4.74 Å². The van der Waals surface area contributed by atoms with Crippen LogP contribution in [0, 0.1) is 17.3 Å². The lowest BCUT2D eigenvalue weighted by molar-refractivity contribution is -0.00668. The number of carbonyl (C=O) groups excluding carboxylic acids is 1. The minimum absolute atomic E-state index is 0.